The van der Waals surface area contributed by atoms with E-state index in [1.54, 1.807) is 30.3 Å². The van der Waals surface area contributed by atoms with Crippen LogP contribution >= 0.6 is 0 Å². The van der Waals surface area contributed by atoms with Crippen molar-refractivity contribution in [2.24, 2.45) is 0 Å². The van der Waals surface area contributed by atoms with Gasteiger partial charge in [0, 0.05) is 5.69 Å². The third kappa shape index (κ3) is 5.29. The maximum Gasteiger partial charge on any atom is 0.338 e. The number of aryl methyl sites for hydroxylation is 2. The van der Waals surface area contributed by atoms with Crippen molar-refractivity contribution in [1.29, 1.82) is 0 Å². The summed E-state index contributed by atoms with van der Waals surface area (Å²) in [5.41, 5.74) is 2.63. The van der Waals surface area contributed by atoms with Crippen molar-refractivity contribution in [3.63, 3.8) is 0 Å². The van der Waals surface area contributed by atoms with Crippen molar-refractivity contribution in [2.75, 3.05) is 11.9 Å². The molecule has 0 atom stereocenters. The molecule has 1 aromatic heterocycles. The highest BCUT2D eigenvalue weighted by molar-refractivity contribution is 5.91. The van der Waals surface area contributed by atoms with Crippen LogP contribution < -0.4 is 10.1 Å². The van der Waals surface area contributed by atoms with Crippen molar-refractivity contribution >= 4 is 29.4 Å². The van der Waals surface area contributed by atoms with Crippen LogP contribution in [0.3, 0.4) is 0 Å². The first kappa shape index (κ1) is 19.8. The van der Waals surface area contributed by atoms with Gasteiger partial charge in [-0.2, -0.15) is 0 Å². The lowest BCUT2D eigenvalue weighted by molar-refractivity contribution is -0.386. The molecule has 0 aliphatic rings. The Bertz CT molecular complexity index is 1050. The number of ether oxygens (including phenoxy) is 1. The molecule has 0 fully saturated rings. The zero-order valence-corrected chi connectivity index (χ0v) is 15.9. The van der Waals surface area contributed by atoms with Crippen LogP contribution in [0, 0.1) is 24.0 Å². The number of carbonyl (C=O) groups excluding carboxylic acids is 1. The fourth-order valence-electron chi connectivity index (χ4n) is 2.63. The van der Waals surface area contributed by atoms with Gasteiger partial charge in [-0.15, -0.1) is 0 Å². The van der Waals surface area contributed by atoms with Crippen molar-refractivity contribution in [2.45, 2.75) is 13.8 Å². The maximum atomic E-state index is 12.0. The van der Waals surface area contributed by atoms with E-state index in [4.69, 9.17) is 9.26 Å². The molecule has 1 amide bonds. The number of aromatic nitrogens is 1. The summed E-state index contributed by atoms with van der Waals surface area (Å²) in [4.78, 5) is 22.5. The third-order valence-corrected chi connectivity index (χ3v) is 4.02. The molecular formula is C21H19N3O5. The number of amides is 1. The summed E-state index contributed by atoms with van der Waals surface area (Å²) in [6, 6.07) is 14.4. The molecule has 1 N–H and O–H groups in total. The zero-order valence-electron chi connectivity index (χ0n) is 15.9. The Kier molecular flexibility index (Phi) is 6.03. The van der Waals surface area contributed by atoms with Crippen LogP contribution in [-0.2, 0) is 4.79 Å². The molecule has 0 bridgehead atoms. The van der Waals surface area contributed by atoms with Gasteiger partial charge in [0.15, 0.2) is 12.3 Å². The smallest absolute Gasteiger partial charge is 0.338 e. The first-order valence-corrected chi connectivity index (χ1v) is 8.80. The zero-order chi connectivity index (χ0) is 20.8. The number of hydrogen-bond acceptors (Lipinski definition) is 6. The molecule has 2 aromatic carbocycles. The molecule has 8 heteroatoms. The van der Waals surface area contributed by atoms with E-state index in [9.17, 15) is 14.9 Å². The second kappa shape index (κ2) is 8.83. The van der Waals surface area contributed by atoms with Gasteiger partial charge in [0.05, 0.1) is 4.92 Å². The second-order valence-corrected chi connectivity index (χ2v) is 6.35. The molecule has 0 aliphatic carbocycles. The Labute approximate surface area is 166 Å². The average Bonchev–Trinajstić information content (AvgIpc) is 3.06. The van der Waals surface area contributed by atoms with E-state index in [1.807, 2.05) is 31.2 Å². The summed E-state index contributed by atoms with van der Waals surface area (Å²) in [5, 5.41) is 17.4. The van der Waals surface area contributed by atoms with E-state index in [0.717, 1.165) is 16.8 Å². The van der Waals surface area contributed by atoms with Crippen LogP contribution in [0.5, 0.6) is 5.75 Å². The maximum absolute atomic E-state index is 12.0. The quantitative estimate of drug-likeness (QED) is 0.471. The van der Waals surface area contributed by atoms with Gasteiger partial charge in [0.1, 0.15) is 5.75 Å². The lowest BCUT2D eigenvalue weighted by atomic mass is 10.2. The molecule has 0 saturated heterocycles. The molecule has 1 heterocycles. The van der Waals surface area contributed by atoms with Crippen LogP contribution in [0.1, 0.15) is 22.6 Å². The summed E-state index contributed by atoms with van der Waals surface area (Å²) in [7, 11) is 0. The summed E-state index contributed by atoms with van der Waals surface area (Å²) >= 11 is 0. The Morgan fingerprint density at radius 1 is 1.21 bits per heavy atom. The summed E-state index contributed by atoms with van der Waals surface area (Å²) in [6.07, 6.45) is 3.16. The molecule has 0 saturated carbocycles. The lowest BCUT2D eigenvalue weighted by Gasteiger charge is -2.08. The largest absolute Gasteiger partial charge is 0.484 e. The van der Waals surface area contributed by atoms with Crippen LogP contribution in [0.4, 0.5) is 11.4 Å². The number of hydrogen-bond donors (Lipinski definition) is 1. The molecule has 148 valence electrons. The van der Waals surface area contributed by atoms with Crippen molar-refractivity contribution in [3.05, 3.63) is 81.2 Å². The Morgan fingerprint density at radius 3 is 2.66 bits per heavy atom. The number of rotatable bonds is 7. The normalized spacial score (nSPS) is 10.8. The van der Waals surface area contributed by atoms with E-state index in [2.05, 4.69) is 10.5 Å². The monoisotopic (exact) mass is 393 g/mol. The van der Waals surface area contributed by atoms with Crippen molar-refractivity contribution in [1.82, 2.24) is 5.16 Å². The molecule has 8 nitrogen and oxygen atoms in total. The van der Waals surface area contributed by atoms with Crippen LogP contribution in [0.15, 0.2) is 53.1 Å². The minimum atomic E-state index is -0.524. The summed E-state index contributed by atoms with van der Waals surface area (Å²) in [5.74, 6) is 0.358. The molecule has 0 aliphatic heterocycles. The van der Waals surface area contributed by atoms with E-state index in [-0.39, 0.29) is 29.7 Å². The number of nitro groups is 1. The van der Waals surface area contributed by atoms with E-state index in [1.165, 1.54) is 13.0 Å². The first-order chi connectivity index (χ1) is 13.9. The topological polar surface area (TPSA) is 108 Å². The first-order valence-electron chi connectivity index (χ1n) is 8.80. The van der Waals surface area contributed by atoms with Gasteiger partial charge in [-0.25, -0.2) is 0 Å². The molecule has 3 rings (SSSR count). The van der Waals surface area contributed by atoms with Gasteiger partial charge < -0.3 is 14.6 Å². The Balaban J connectivity index is 1.56. The van der Waals surface area contributed by atoms with Gasteiger partial charge in [-0.1, -0.05) is 35.5 Å². The van der Waals surface area contributed by atoms with Crippen LogP contribution in [0.25, 0.3) is 12.2 Å². The predicted molar refractivity (Wildman–Crippen MR) is 109 cm³/mol. The highest BCUT2D eigenvalue weighted by Crippen LogP contribution is 2.25. The minimum Gasteiger partial charge on any atom is -0.484 e. The number of anilines is 1. The van der Waals surface area contributed by atoms with Crippen molar-refractivity contribution < 1.29 is 19.0 Å². The van der Waals surface area contributed by atoms with Gasteiger partial charge >= 0.3 is 5.69 Å². The highest BCUT2D eigenvalue weighted by atomic mass is 16.6. The van der Waals surface area contributed by atoms with Crippen LogP contribution in [-0.4, -0.2) is 22.6 Å². The second-order valence-electron chi connectivity index (χ2n) is 6.35. The predicted octanol–water partition coefficient (Wildman–Crippen LogP) is 4.39. The van der Waals surface area contributed by atoms with E-state index < -0.39 is 4.92 Å². The number of nitrogens with zero attached hydrogens (tertiary/aromatic N) is 2. The minimum absolute atomic E-state index is 0.0839. The Morgan fingerprint density at radius 2 is 1.97 bits per heavy atom. The third-order valence-electron chi connectivity index (χ3n) is 4.02. The summed E-state index contributed by atoms with van der Waals surface area (Å²) in [6.45, 7) is 3.34. The number of nitrogens with one attached hydrogen (secondary N) is 1. The molecule has 0 unspecified atom stereocenters. The van der Waals surface area contributed by atoms with Gasteiger partial charge in [-0.3, -0.25) is 14.9 Å². The fourth-order valence-corrected chi connectivity index (χ4v) is 2.63. The Hall–Kier alpha value is -3.94. The number of benzene rings is 2. The van der Waals surface area contributed by atoms with E-state index in [0.29, 0.717) is 5.75 Å². The molecule has 29 heavy (non-hydrogen) atoms. The number of carbonyl (C=O) groups is 1. The molecule has 3 aromatic rings. The highest BCUT2D eigenvalue weighted by Gasteiger charge is 2.21. The average molecular weight is 393 g/mol. The van der Waals surface area contributed by atoms with Gasteiger partial charge in [0.25, 0.3) is 5.91 Å². The van der Waals surface area contributed by atoms with Crippen molar-refractivity contribution in [3.8, 4) is 5.75 Å². The molecule has 0 radical (unpaired) electrons. The SMILES string of the molecule is Cc1cccc(NC(=O)COc2ccc(/C=C\c3onc(C)c3[N+](=O)[O-])cc2)c1. The molecule has 0 spiro atoms. The summed E-state index contributed by atoms with van der Waals surface area (Å²) < 4.78 is 10.5. The van der Waals surface area contributed by atoms with Crippen LogP contribution in [0.2, 0.25) is 0 Å². The lowest BCUT2D eigenvalue weighted by Crippen LogP contribution is -2.20. The molecular weight excluding hydrogens is 374 g/mol. The van der Waals surface area contributed by atoms with Gasteiger partial charge in [-0.05, 0) is 55.3 Å². The fraction of sp³-hybridized carbons (Fsp3) is 0.143. The standard InChI is InChI=1S/C21H19N3O5/c1-14-4-3-5-17(12-14)22-20(25)13-28-18-9-6-16(7-10-18)8-11-19-21(24(26)27)15(2)23-29-19/h3-12H,13H2,1-2H3,(H,22,25)/b11-8-. The van der Waals surface area contributed by atoms with E-state index >= 15 is 0 Å². The van der Waals surface area contributed by atoms with Gasteiger partial charge in [0.2, 0.25) is 5.76 Å².